The highest BCUT2D eigenvalue weighted by atomic mass is 16.5. The number of ether oxygens (including phenoxy) is 1. The summed E-state index contributed by atoms with van der Waals surface area (Å²) in [5, 5.41) is 17.9. The molecule has 0 amide bonds. The van der Waals surface area contributed by atoms with E-state index in [2.05, 4.69) is 9.97 Å². The Morgan fingerprint density at radius 2 is 1.94 bits per heavy atom. The monoisotopic (exact) mass is 246 g/mol. The lowest BCUT2D eigenvalue weighted by atomic mass is 10.2. The predicted octanol–water partition coefficient (Wildman–Crippen LogP) is 0.876. The van der Waals surface area contributed by atoms with Gasteiger partial charge in [-0.05, 0) is 0 Å². The van der Waals surface area contributed by atoms with Gasteiger partial charge in [-0.1, -0.05) is 30.3 Å². The zero-order valence-corrected chi connectivity index (χ0v) is 9.73. The summed E-state index contributed by atoms with van der Waals surface area (Å²) in [4.78, 5) is 8.38. The van der Waals surface area contributed by atoms with Crippen LogP contribution in [0.15, 0.2) is 42.6 Å². The molecule has 2 N–H and O–H groups in total. The van der Waals surface area contributed by atoms with E-state index in [0.29, 0.717) is 11.7 Å². The first kappa shape index (κ1) is 12.5. The molecular weight excluding hydrogens is 232 g/mol. The molecule has 5 nitrogen and oxygen atoms in total. The SMILES string of the molecule is OC[C@H](O)COc1ccnc(-c2ccccc2)n1. The second kappa shape index (κ2) is 6.09. The summed E-state index contributed by atoms with van der Waals surface area (Å²) in [6.45, 7) is -0.335. The van der Waals surface area contributed by atoms with Gasteiger partial charge in [0.25, 0.3) is 0 Å². The summed E-state index contributed by atoms with van der Waals surface area (Å²) in [5.41, 5.74) is 0.894. The lowest BCUT2D eigenvalue weighted by molar-refractivity contribution is 0.0521. The largest absolute Gasteiger partial charge is 0.475 e. The van der Waals surface area contributed by atoms with Gasteiger partial charge in [0.2, 0.25) is 5.88 Å². The summed E-state index contributed by atoms with van der Waals surface area (Å²) in [6, 6.07) is 11.1. The zero-order valence-electron chi connectivity index (χ0n) is 9.73. The molecule has 5 heteroatoms. The summed E-state index contributed by atoms with van der Waals surface area (Å²) in [7, 11) is 0. The highest BCUT2D eigenvalue weighted by molar-refractivity contribution is 5.54. The van der Waals surface area contributed by atoms with Crippen molar-refractivity contribution in [3.8, 4) is 17.3 Å². The Balaban J connectivity index is 2.11. The van der Waals surface area contributed by atoms with E-state index in [1.54, 1.807) is 12.3 Å². The number of aliphatic hydroxyl groups is 2. The van der Waals surface area contributed by atoms with Gasteiger partial charge in [0.1, 0.15) is 12.7 Å². The maximum absolute atomic E-state index is 9.19. The Labute approximate surface area is 105 Å². The Bertz CT molecular complexity index is 491. The van der Waals surface area contributed by atoms with Gasteiger partial charge in [-0.15, -0.1) is 0 Å². The van der Waals surface area contributed by atoms with Gasteiger partial charge in [-0.25, -0.2) is 4.98 Å². The normalized spacial score (nSPS) is 12.1. The van der Waals surface area contributed by atoms with Gasteiger partial charge in [0.05, 0.1) is 6.61 Å². The fraction of sp³-hybridized carbons (Fsp3) is 0.231. The van der Waals surface area contributed by atoms with Crippen molar-refractivity contribution in [1.29, 1.82) is 0 Å². The minimum atomic E-state index is -0.903. The number of nitrogens with zero attached hydrogens (tertiary/aromatic N) is 2. The molecule has 1 atom stereocenters. The maximum Gasteiger partial charge on any atom is 0.216 e. The van der Waals surface area contributed by atoms with Crippen molar-refractivity contribution in [2.75, 3.05) is 13.2 Å². The summed E-state index contributed by atoms with van der Waals surface area (Å²) >= 11 is 0. The van der Waals surface area contributed by atoms with Crippen LogP contribution in [0.1, 0.15) is 0 Å². The lowest BCUT2D eigenvalue weighted by Gasteiger charge is -2.09. The number of hydrogen-bond donors (Lipinski definition) is 2. The molecule has 2 aromatic rings. The fourth-order valence-corrected chi connectivity index (χ4v) is 1.38. The summed E-state index contributed by atoms with van der Waals surface area (Å²) in [6.07, 6.45) is 0.691. The third-order valence-corrected chi connectivity index (χ3v) is 2.30. The lowest BCUT2D eigenvalue weighted by Crippen LogP contribution is -2.21. The number of aliphatic hydroxyl groups excluding tert-OH is 2. The van der Waals surface area contributed by atoms with Crippen molar-refractivity contribution >= 4 is 0 Å². The molecule has 0 spiro atoms. The smallest absolute Gasteiger partial charge is 0.216 e. The van der Waals surface area contributed by atoms with Crippen molar-refractivity contribution in [2.45, 2.75) is 6.10 Å². The highest BCUT2D eigenvalue weighted by Gasteiger charge is 2.06. The van der Waals surface area contributed by atoms with Crippen molar-refractivity contribution < 1.29 is 14.9 Å². The summed E-state index contributed by atoms with van der Waals surface area (Å²) < 4.78 is 5.26. The average Bonchev–Trinajstić information content (AvgIpc) is 2.46. The van der Waals surface area contributed by atoms with Gasteiger partial charge < -0.3 is 14.9 Å². The van der Waals surface area contributed by atoms with Gasteiger partial charge in [0, 0.05) is 17.8 Å². The molecule has 0 aliphatic carbocycles. The first-order valence-electron chi connectivity index (χ1n) is 5.60. The van der Waals surface area contributed by atoms with Gasteiger partial charge in [-0.2, -0.15) is 4.98 Å². The predicted molar refractivity (Wildman–Crippen MR) is 66.1 cm³/mol. The maximum atomic E-state index is 9.19. The number of hydrogen-bond acceptors (Lipinski definition) is 5. The topological polar surface area (TPSA) is 75.5 Å². The average molecular weight is 246 g/mol. The van der Waals surface area contributed by atoms with Crippen LogP contribution in [0, 0.1) is 0 Å². The molecule has 1 aromatic carbocycles. The van der Waals surface area contributed by atoms with Gasteiger partial charge in [-0.3, -0.25) is 0 Å². The van der Waals surface area contributed by atoms with Crippen molar-refractivity contribution in [2.24, 2.45) is 0 Å². The Kier molecular flexibility index (Phi) is 4.22. The molecule has 1 aromatic heterocycles. The van der Waals surface area contributed by atoms with Crippen LogP contribution in [0.25, 0.3) is 11.4 Å². The summed E-state index contributed by atoms with van der Waals surface area (Å²) in [5.74, 6) is 0.933. The fourth-order valence-electron chi connectivity index (χ4n) is 1.38. The van der Waals surface area contributed by atoms with Crippen LogP contribution < -0.4 is 4.74 Å². The molecule has 0 aliphatic heterocycles. The Morgan fingerprint density at radius 3 is 2.67 bits per heavy atom. The van der Waals surface area contributed by atoms with E-state index < -0.39 is 6.10 Å². The van der Waals surface area contributed by atoms with Crippen LogP contribution in [-0.4, -0.2) is 39.5 Å². The van der Waals surface area contributed by atoms with Crippen LogP contribution >= 0.6 is 0 Å². The van der Waals surface area contributed by atoms with Gasteiger partial charge in [0.15, 0.2) is 5.82 Å². The number of aromatic nitrogens is 2. The molecule has 18 heavy (non-hydrogen) atoms. The molecule has 0 saturated heterocycles. The van der Waals surface area contributed by atoms with E-state index in [0.717, 1.165) is 5.56 Å². The first-order valence-corrected chi connectivity index (χ1v) is 5.60. The van der Waals surface area contributed by atoms with Crippen LogP contribution in [0.4, 0.5) is 0 Å². The van der Waals surface area contributed by atoms with Crippen molar-refractivity contribution in [1.82, 2.24) is 9.97 Å². The van der Waals surface area contributed by atoms with E-state index in [9.17, 15) is 5.11 Å². The first-order chi connectivity index (χ1) is 8.79. The van der Waals surface area contributed by atoms with Crippen LogP contribution in [0.3, 0.4) is 0 Å². The van der Waals surface area contributed by atoms with Crippen LogP contribution in [-0.2, 0) is 0 Å². The third-order valence-electron chi connectivity index (χ3n) is 2.30. The van der Waals surface area contributed by atoms with E-state index in [1.165, 1.54) is 0 Å². The molecule has 94 valence electrons. The van der Waals surface area contributed by atoms with Crippen molar-refractivity contribution in [3.63, 3.8) is 0 Å². The second-order valence-electron chi connectivity index (χ2n) is 3.73. The minimum Gasteiger partial charge on any atom is -0.475 e. The number of benzene rings is 1. The zero-order chi connectivity index (χ0) is 12.8. The van der Waals surface area contributed by atoms with Crippen LogP contribution in [0.5, 0.6) is 5.88 Å². The quantitative estimate of drug-likeness (QED) is 0.819. The second-order valence-corrected chi connectivity index (χ2v) is 3.73. The molecule has 0 fully saturated rings. The molecule has 2 rings (SSSR count). The Hall–Kier alpha value is -1.98. The molecule has 0 saturated carbocycles. The highest BCUT2D eigenvalue weighted by Crippen LogP contribution is 2.16. The van der Waals surface area contributed by atoms with E-state index in [-0.39, 0.29) is 13.2 Å². The molecule has 0 bridgehead atoms. The standard InChI is InChI=1S/C13H14N2O3/c16-8-11(17)9-18-12-6-7-14-13(15-12)10-4-2-1-3-5-10/h1-7,11,16-17H,8-9H2/t11-/m0/s1. The molecule has 0 aliphatic rings. The Morgan fingerprint density at radius 1 is 1.17 bits per heavy atom. The minimum absolute atomic E-state index is 0.00173. The van der Waals surface area contributed by atoms with E-state index in [1.807, 2.05) is 30.3 Å². The molecule has 1 heterocycles. The van der Waals surface area contributed by atoms with Gasteiger partial charge >= 0.3 is 0 Å². The number of rotatable bonds is 5. The van der Waals surface area contributed by atoms with E-state index >= 15 is 0 Å². The third kappa shape index (κ3) is 3.26. The van der Waals surface area contributed by atoms with E-state index in [4.69, 9.17) is 9.84 Å². The van der Waals surface area contributed by atoms with Crippen LogP contribution in [0.2, 0.25) is 0 Å². The molecule has 0 radical (unpaired) electrons. The molecular formula is C13H14N2O3. The van der Waals surface area contributed by atoms with Crippen molar-refractivity contribution in [3.05, 3.63) is 42.6 Å². The molecule has 0 unspecified atom stereocenters.